The molecule has 3 aromatic rings. The summed E-state index contributed by atoms with van der Waals surface area (Å²) in [6.07, 6.45) is 2.78. The van der Waals surface area contributed by atoms with Gasteiger partial charge >= 0.3 is 0 Å². The highest BCUT2D eigenvalue weighted by atomic mass is 35.5. The second kappa shape index (κ2) is 7.74. The van der Waals surface area contributed by atoms with E-state index in [0.717, 1.165) is 6.07 Å². The number of carbonyl (C=O) groups excluding carboxylic acids is 1. The van der Waals surface area contributed by atoms with E-state index < -0.39 is 10.8 Å². The third-order valence-corrected chi connectivity index (χ3v) is 3.84. The fraction of sp³-hybridized carbons (Fsp3) is 0.133. The van der Waals surface area contributed by atoms with Crippen LogP contribution in [0.2, 0.25) is 5.02 Å². The predicted molar refractivity (Wildman–Crippen MR) is 93.9 cm³/mol. The molecule has 0 aliphatic carbocycles. The number of aromatic nitrogens is 5. The van der Waals surface area contributed by atoms with Gasteiger partial charge in [0.1, 0.15) is 12.7 Å². The third-order valence-electron chi connectivity index (χ3n) is 3.52. The van der Waals surface area contributed by atoms with E-state index in [-0.39, 0.29) is 34.9 Å². The van der Waals surface area contributed by atoms with Crippen molar-refractivity contribution in [1.82, 2.24) is 29.9 Å². The molecular formula is C15H12ClN7O4. The second-order valence-corrected chi connectivity index (χ2v) is 5.68. The van der Waals surface area contributed by atoms with Crippen molar-refractivity contribution >= 4 is 23.2 Å². The molecule has 0 unspecified atom stereocenters. The monoisotopic (exact) mass is 389 g/mol. The molecule has 1 amide bonds. The number of non-ortho nitro benzene ring substituents is 1. The molecule has 0 aliphatic rings. The molecule has 0 spiro atoms. The number of benzene rings is 1. The van der Waals surface area contributed by atoms with Crippen molar-refractivity contribution in [3.05, 3.63) is 74.0 Å². The van der Waals surface area contributed by atoms with Gasteiger partial charge in [0.2, 0.25) is 0 Å². The largest absolute Gasteiger partial charge is 0.350 e. The van der Waals surface area contributed by atoms with Gasteiger partial charge in [-0.05, 0) is 12.1 Å². The van der Waals surface area contributed by atoms with Gasteiger partial charge in [-0.15, -0.1) is 5.10 Å². The van der Waals surface area contributed by atoms with E-state index in [4.69, 9.17) is 11.6 Å². The summed E-state index contributed by atoms with van der Waals surface area (Å²) in [6, 6.07) is 6.39. The fourth-order valence-electron chi connectivity index (χ4n) is 2.22. The number of rotatable bonds is 6. The molecule has 0 bridgehead atoms. The van der Waals surface area contributed by atoms with Gasteiger partial charge in [-0.3, -0.25) is 19.7 Å². The highest BCUT2D eigenvalue weighted by Gasteiger charge is 2.14. The number of nitro groups is 1. The highest BCUT2D eigenvalue weighted by Crippen LogP contribution is 2.22. The van der Waals surface area contributed by atoms with Crippen LogP contribution in [0.15, 0.2) is 47.8 Å². The number of hydrogen-bond acceptors (Lipinski definition) is 7. The summed E-state index contributed by atoms with van der Waals surface area (Å²) < 4.78 is 2.57. The topological polar surface area (TPSA) is 138 Å². The van der Waals surface area contributed by atoms with E-state index >= 15 is 0 Å². The van der Waals surface area contributed by atoms with Gasteiger partial charge in [-0.2, -0.15) is 5.10 Å². The molecule has 138 valence electrons. The summed E-state index contributed by atoms with van der Waals surface area (Å²) in [5, 5.41) is 21.3. The van der Waals surface area contributed by atoms with Crippen LogP contribution in [0.25, 0.3) is 5.82 Å². The Balaban J connectivity index is 1.66. The first-order valence-electron chi connectivity index (χ1n) is 7.61. The molecule has 2 heterocycles. The van der Waals surface area contributed by atoms with Crippen LogP contribution in [-0.4, -0.2) is 41.9 Å². The molecule has 0 radical (unpaired) electrons. The first kappa shape index (κ1) is 18.2. The van der Waals surface area contributed by atoms with Crippen LogP contribution in [0.4, 0.5) is 5.69 Å². The molecule has 27 heavy (non-hydrogen) atoms. The fourth-order valence-corrected chi connectivity index (χ4v) is 2.48. The number of hydrogen-bond donors (Lipinski definition) is 1. The van der Waals surface area contributed by atoms with Gasteiger partial charge in [0, 0.05) is 24.7 Å². The highest BCUT2D eigenvalue weighted by molar-refractivity contribution is 6.34. The minimum Gasteiger partial charge on any atom is -0.350 e. The molecule has 0 saturated heterocycles. The van der Waals surface area contributed by atoms with Gasteiger partial charge in [0.05, 0.1) is 22.1 Å². The summed E-state index contributed by atoms with van der Waals surface area (Å²) >= 11 is 5.92. The van der Waals surface area contributed by atoms with Crippen molar-refractivity contribution in [1.29, 1.82) is 0 Å². The predicted octanol–water partition coefficient (Wildman–Crippen LogP) is 0.816. The van der Waals surface area contributed by atoms with Crippen LogP contribution >= 0.6 is 11.6 Å². The molecular weight excluding hydrogens is 378 g/mol. The maximum Gasteiger partial charge on any atom is 0.270 e. The summed E-state index contributed by atoms with van der Waals surface area (Å²) in [6.45, 7) is 0.206. The lowest BCUT2D eigenvalue weighted by Gasteiger charge is -2.09. The van der Waals surface area contributed by atoms with Crippen LogP contribution < -0.4 is 10.9 Å². The van der Waals surface area contributed by atoms with Gasteiger partial charge in [-0.25, -0.2) is 14.3 Å². The van der Waals surface area contributed by atoms with E-state index in [1.54, 1.807) is 0 Å². The minimum absolute atomic E-state index is 0.0369. The van der Waals surface area contributed by atoms with Crippen molar-refractivity contribution in [3.63, 3.8) is 0 Å². The zero-order valence-electron chi connectivity index (χ0n) is 13.6. The second-order valence-electron chi connectivity index (χ2n) is 5.27. The molecule has 0 fully saturated rings. The molecule has 1 N–H and O–H groups in total. The molecule has 1 aromatic carbocycles. The number of halogens is 1. The quantitative estimate of drug-likeness (QED) is 0.486. The summed E-state index contributed by atoms with van der Waals surface area (Å²) in [7, 11) is 0. The minimum atomic E-state index is -0.603. The Morgan fingerprint density at radius 2 is 2.11 bits per heavy atom. The van der Waals surface area contributed by atoms with Gasteiger partial charge < -0.3 is 5.32 Å². The molecule has 0 saturated carbocycles. The van der Waals surface area contributed by atoms with E-state index in [1.807, 2.05) is 0 Å². The van der Waals surface area contributed by atoms with Gasteiger partial charge in [-0.1, -0.05) is 11.6 Å². The first-order chi connectivity index (χ1) is 13.0. The van der Waals surface area contributed by atoms with Crippen molar-refractivity contribution in [3.8, 4) is 5.82 Å². The van der Waals surface area contributed by atoms with Crippen molar-refractivity contribution in [2.24, 2.45) is 0 Å². The maximum atomic E-state index is 12.2. The number of carbonyl (C=O) groups is 1. The average molecular weight is 390 g/mol. The van der Waals surface area contributed by atoms with Crippen molar-refractivity contribution < 1.29 is 9.72 Å². The lowest BCUT2D eigenvalue weighted by atomic mass is 10.2. The Bertz CT molecular complexity index is 1050. The SMILES string of the molecule is O=C(NCCn1nc(-n2cncn2)ccc1=O)c1ccc([N+](=O)[O-])cc1Cl. The van der Waals surface area contributed by atoms with Crippen molar-refractivity contribution in [2.75, 3.05) is 6.54 Å². The maximum absolute atomic E-state index is 12.2. The Morgan fingerprint density at radius 3 is 2.78 bits per heavy atom. The smallest absolute Gasteiger partial charge is 0.270 e. The lowest BCUT2D eigenvalue weighted by Crippen LogP contribution is -2.32. The Kier molecular flexibility index (Phi) is 5.22. The summed E-state index contributed by atoms with van der Waals surface area (Å²) in [5.74, 6) is -0.118. The standard InChI is InChI=1S/C15H12ClN7O4/c16-12-7-10(23(26)27)1-2-11(12)15(25)18-5-6-21-14(24)4-3-13(20-21)22-9-17-8-19-22/h1-4,7-9H,5-6H2,(H,18,25). The van der Waals surface area contributed by atoms with Gasteiger partial charge in [0.15, 0.2) is 5.82 Å². The molecule has 0 atom stereocenters. The zero-order chi connectivity index (χ0) is 19.4. The third kappa shape index (κ3) is 4.15. The summed E-state index contributed by atoms with van der Waals surface area (Å²) in [5.41, 5.74) is -0.461. The number of nitro benzene ring substituents is 1. The Morgan fingerprint density at radius 1 is 1.30 bits per heavy atom. The number of nitrogens with one attached hydrogen (secondary N) is 1. The molecule has 11 nitrogen and oxygen atoms in total. The molecule has 2 aromatic heterocycles. The zero-order valence-corrected chi connectivity index (χ0v) is 14.4. The van der Waals surface area contributed by atoms with Crippen LogP contribution in [0.1, 0.15) is 10.4 Å². The van der Waals surface area contributed by atoms with Crippen LogP contribution in [0.5, 0.6) is 0 Å². The molecule has 12 heteroatoms. The average Bonchev–Trinajstić information content (AvgIpc) is 3.17. The molecule has 3 rings (SSSR count). The first-order valence-corrected chi connectivity index (χ1v) is 7.99. The number of nitrogens with zero attached hydrogens (tertiary/aromatic N) is 6. The number of amides is 1. The van der Waals surface area contributed by atoms with E-state index in [1.165, 1.54) is 46.3 Å². The van der Waals surface area contributed by atoms with E-state index in [2.05, 4.69) is 20.5 Å². The summed E-state index contributed by atoms with van der Waals surface area (Å²) in [4.78, 5) is 38.0. The van der Waals surface area contributed by atoms with Gasteiger partial charge in [0.25, 0.3) is 17.2 Å². The Labute approximate surface area is 156 Å². The van der Waals surface area contributed by atoms with E-state index in [0.29, 0.717) is 5.82 Å². The van der Waals surface area contributed by atoms with Crippen LogP contribution in [-0.2, 0) is 6.54 Å². The van der Waals surface area contributed by atoms with Crippen LogP contribution in [0.3, 0.4) is 0 Å². The van der Waals surface area contributed by atoms with Crippen molar-refractivity contribution in [2.45, 2.75) is 6.54 Å². The normalized spacial score (nSPS) is 10.6. The van der Waals surface area contributed by atoms with E-state index in [9.17, 15) is 19.7 Å². The Hall–Kier alpha value is -3.60. The lowest BCUT2D eigenvalue weighted by molar-refractivity contribution is -0.384. The molecule has 0 aliphatic heterocycles. The van der Waals surface area contributed by atoms with Crippen LogP contribution in [0, 0.1) is 10.1 Å².